The lowest BCUT2D eigenvalue weighted by Crippen LogP contribution is -2.27. The number of aryl methyl sites for hydroxylation is 1. The Morgan fingerprint density at radius 2 is 1.69 bits per heavy atom. The van der Waals surface area contributed by atoms with E-state index in [0.717, 1.165) is 36.5 Å². The number of hydrogen-bond acceptors (Lipinski definition) is 5. The zero-order chi connectivity index (χ0) is 24.9. The van der Waals surface area contributed by atoms with Crippen LogP contribution in [0.2, 0.25) is 0 Å². The molecule has 3 aromatic rings. The summed E-state index contributed by atoms with van der Waals surface area (Å²) in [5, 5.41) is -0.276. The van der Waals surface area contributed by atoms with Crippen LogP contribution in [0.1, 0.15) is 29.2 Å². The van der Waals surface area contributed by atoms with Crippen LogP contribution in [0, 0.1) is 10.5 Å². The average molecular weight is 664 g/mol. The second-order valence-corrected chi connectivity index (χ2v) is 11.0. The minimum atomic E-state index is -0.296. The number of nitrogens with zero attached hydrogens (tertiary/aromatic N) is 1. The first kappa shape index (κ1) is 25.8. The standard InChI is InChI=1S/C27H23BrINO4S/c1-3-33-23-13-20(12-22(29)25(23)34-16-19-6-4-17(2)5-7-19)14-24-26(31)30(27(32)35-24)15-18-8-10-21(28)11-9-18/h4-14H,3,15-16H2,1-2H3/b24-14-. The molecule has 1 aliphatic rings. The van der Waals surface area contributed by atoms with Gasteiger partial charge in [0.05, 0.1) is 21.6 Å². The van der Waals surface area contributed by atoms with Gasteiger partial charge in [-0.3, -0.25) is 14.5 Å². The molecule has 0 unspecified atom stereocenters. The third-order valence-corrected chi connectivity index (χ3v) is 7.50. The summed E-state index contributed by atoms with van der Waals surface area (Å²) in [6.45, 7) is 5.10. The fourth-order valence-corrected chi connectivity index (χ4v) is 5.36. The van der Waals surface area contributed by atoms with Gasteiger partial charge in [-0.25, -0.2) is 0 Å². The van der Waals surface area contributed by atoms with Gasteiger partial charge in [0.15, 0.2) is 11.5 Å². The molecule has 0 atom stereocenters. The van der Waals surface area contributed by atoms with Crippen LogP contribution in [0.4, 0.5) is 4.79 Å². The van der Waals surface area contributed by atoms with Crippen LogP contribution in [0.15, 0.2) is 70.0 Å². The zero-order valence-corrected chi connectivity index (χ0v) is 23.8. The van der Waals surface area contributed by atoms with Gasteiger partial charge in [0.2, 0.25) is 0 Å². The summed E-state index contributed by atoms with van der Waals surface area (Å²) in [7, 11) is 0. The maximum absolute atomic E-state index is 13.0. The number of carbonyl (C=O) groups is 2. The first-order valence-electron chi connectivity index (χ1n) is 11.0. The highest BCUT2D eigenvalue weighted by Crippen LogP contribution is 2.38. The molecule has 8 heteroatoms. The first-order chi connectivity index (χ1) is 16.8. The quantitative estimate of drug-likeness (QED) is 0.184. The van der Waals surface area contributed by atoms with Gasteiger partial charge in [0.1, 0.15) is 6.61 Å². The molecular weight excluding hydrogens is 641 g/mol. The van der Waals surface area contributed by atoms with Crippen molar-refractivity contribution in [1.29, 1.82) is 0 Å². The molecule has 4 rings (SSSR count). The molecule has 0 N–H and O–H groups in total. The molecule has 1 heterocycles. The number of benzene rings is 3. The Balaban J connectivity index is 1.54. The van der Waals surface area contributed by atoms with Crippen molar-refractivity contribution >= 4 is 67.5 Å². The molecule has 2 amide bonds. The summed E-state index contributed by atoms with van der Waals surface area (Å²) in [6.07, 6.45) is 1.74. The molecule has 0 bridgehead atoms. The summed E-state index contributed by atoms with van der Waals surface area (Å²) < 4.78 is 13.8. The molecule has 0 saturated carbocycles. The molecule has 0 aliphatic carbocycles. The van der Waals surface area contributed by atoms with Gasteiger partial charge in [-0.15, -0.1) is 0 Å². The van der Waals surface area contributed by atoms with Crippen molar-refractivity contribution in [3.8, 4) is 11.5 Å². The van der Waals surface area contributed by atoms with Crippen molar-refractivity contribution in [3.05, 3.63) is 95.9 Å². The number of hydrogen-bond donors (Lipinski definition) is 0. The van der Waals surface area contributed by atoms with Crippen molar-refractivity contribution in [3.63, 3.8) is 0 Å². The van der Waals surface area contributed by atoms with Crippen molar-refractivity contribution < 1.29 is 19.1 Å². The Bertz CT molecular complexity index is 1280. The fraction of sp³-hybridized carbons (Fsp3) is 0.185. The van der Waals surface area contributed by atoms with E-state index in [1.807, 2.05) is 55.5 Å². The Kier molecular flexibility index (Phi) is 8.56. The Morgan fingerprint density at radius 3 is 2.37 bits per heavy atom. The number of ether oxygens (including phenoxy) is 2. The lowest BCUT2D eigenvalue weighted by Gasteiger charge is -2.15. The van der Waals surface area contributed by atoms with Gasteiger partial charge in [0.25, 0.3) is 11.1 Å². The maximum atomic E-state index is 13.0. The molecule has 0 aromatic heterocycles. The third-order valence-electron chi connectivity index (χ3n) is 5.26. The Hall–Kier alpha value is -2.30. The van der Waals surface area contributed by atoms with E-state index in [-0.39, 0.29) is 17.7 Å². The minimum Gasteiger partial charge on any atom is -0.490 e. The van der Waals surface area contributed by atoms with Crippen LogP contribution in [0.3, 0.4) is 0 Å². The number of amides is 2. The van der Waals surface area contributed by atoms with Crippen LogP contribution in [-0.2, 0) is 17.9 Å². The number of thioether (sulfide) groups is 1. The monoisotopic (exact) mass is 663 g/mol. The van der Waals surface area contributed by atoms with Crippen molar-refractivity contribution in [2.24, 2.45) is 0 Å². The highest BCUT2D eigenvalue weighted by Gasteiger charge is 2.35. The van der Waals surface area contributed by atoms with Crippen LogP contribution >= 0.6 is 50.3 Å². The van der Waals surface area contributed by atoms with Crippen LogP contribution < -0.4 is 9.47 Å². The molecular formula is C27H23BrINO4S. The lowest BCUT2D eigenvalue weighted by molar-refractivity contribution is -0.123. The summed E-state index contributed by atoms with van der Waals surface area (Å²) >= 11 is 6.56. The van der Waals surface area contributed by atoms with E-state index in [0.29, 0.717) is 29.6 Å². The van der Waals surface area contributed by atoms with E-state index in [9.17, 15) is 9.59 Å². The summed E-state index contributed by atoms with van der Waals surface area (Å²) in [6, 6.07) is 19.5. The first-order valence-corrected chi connectivity index (χ1v) is 13.7. The maximum Gasteiger partial charge on any atom is 0.293 e. The van der Waals surface area contributed by atoms with E-state index >= 15 is 0 Å². The topological polar surface area (TPSA) is 55.8 Å². The van der Waals surface area contributed by atoms with E-state index in [4.69, 9.17) is 9.47 Å². The molecule has 0 spiro atoms. The molecule has 5 nitrogen and oxygen atoms in total. The Morgan fingerprint density at radius 1 is 1.00 bits per heavy atom. The molecule has 1 aliphatic heterocycles. The van der Waals surface area contributed by atoms with E-state index in [1.165, 1.54) is 10.5 Å². The highest BCUT2D eigenvalue weighted by molar-refractivity contribution is 14.1. The molecule has 3 aromatic carbocycles. The smallest absolute Gasteiger partial charge is 0.293 e. The molecule has 1 saturated heterocycles. The molecule has 180 valence electrons. The van der Waals surface area contributed by atoms with Crippen LogP contribution in [0.5, 0.6) is 11.5 Å². The van der Waals surface area contributed by atoms with Crippen LogP contribution in [0.25, 0.3) is 6.08 Å². The molecule has 0 radical (unpaired) electrons. The second-order valence-electron chi connectivity index (χ2n) is 7.93. The Labute approximate surface area is 231 Å². The van der Waals surface area contributed by atoms with Gasteiger partial charge in [-0.1, -0.05) is 57.9 Å². The van der Waals surface area contributed by atoms with Crippen molar-refractivity contribution in [1.82, 2.24) is 4.90 Å². The van der Waals surface area contributed by atoms with Crippen molar-refractivity contribution in [2.75, 3.05) is 6.61 Å². The van der Waals surface area contributed by atoms with Gasteiger partial charge in [0, 0.05) is 4.47 Å². The van der Waals surface area contributed by atoms with Crippen LogP contribution in [-0.4, -0.2) is 22.7 Å². The largest absolute Gasteiger partial charge is 0.490 e. The van der Waals surface area contributed by atoms with E-state index < -0.39 is 0 Å². The van der Waals surface area contributed by atoms with Gasteiger partial charge in [-0.05, 0) is 95.2 Å². The average Bonchev–Trinajstić information content (AvgIpc) is 3.08. The number of imide groups is 1. The van der Waals surface area contributed by atoms with Gasteiger partial charge in [-0.2, -0.15) is 0 Å². The summed E-state index contributed by atoms with van der Waals surface area (Å²) in [4.78, 5) is 27.2. The summed E-state index contributed by atoms with van der Waals surface area (Å²) in [5.41, 5.74) is 3.93. The number of halogens is 2. The highest BCUT2D eigenvalue weighted by atomic mass is 127. The van der Waals surface area contributed by atoms with Gasteiger partial charge < -0.3 is 9.47 Å². The SMILES string of the molecule is CCOc1cc(/C=C2\SC(=O)N(Cc3ccc(Br)cc3)C2=O)cc(I)c1OCc1ccc(C)cc1. The third kappa shape index (κ3) is 6.48. The van der Waals surface area contributed by atoms with E-state index in [1.54, 1.807) is 6.08 Å². The molecule has 35 heavy (non-hydrogen) atoms. The van der Waals surface area contributed by atoms with E-state index in [2.05, 4.69) is 57.6 Å². The number of carbonyl (C=O) groups excluding carboxylic acids is 2. The summed E-state index contributed by atoms with van der Waals surface area (Å²) in [5.74, 6) is 0.968. The predicted octanol–water partition coefficient (Wildman–Crippen LogP) is 7.58. The second kappa shape index (κ2) is 11.6. The number of rotatable bonds is 8. The predicted molar refractivity (Wildman–Crippen MR) is 151 cm³/mol. The van der Waals surface area contributed by atoms with Gasteiger partial charge >= 0.3 is 0 Å². The zero-order valence-electron chi connectivity index (χ0n) is 19.2. The lowest BCUT2D eigenvalue weighted by atomic mass is 10.1. The van der Waals surface area contributed by atoms with Crippen molar-refractivity contribution in [2.45, 2.75) is 27.0 Å². The normalized spacial score (nSPS) is 14.6. The minimum absolute atomic E-state index is 0.239. The fourth-order valence-electron chi connectivity index (χ4n) is 3.47. The molecule has 1 fully saturated rings.